The number of nitrogens with one attached hydrogen (secondary N) is 1. The van der Waals surface area contributed by atoms with Crippen LogP contribution in [0.25, 0.3) is 0 Å². The molecule has 0 aliphatic rings. The maximum absolute atomic E-state index is 11.6. The smallest absolute Gasteiger partial charge is 0.303 e. The second-order valence-electron chi connectivity index (χ2n) is 4.58. The standard InChI is InChI=1S/C12H25NO4S/c1-3-5-7-11(4-2)10-13-18(16,17)9-6-8-12(14)15/h11,13H,3-10H2,1-2H3,(H,14,15). The van der Waals surface area contributed by atoms with Gasteiger partial charge in [0, 0.05) is 13.0 Å². The first kappa shape index (κ1) is 17.4. The first-order chi connectivity index (χ1) is 8.41. The van der Waals surface area contributed by atoms with E-state index in [-0.39, 0.29) is 18.6 Å². The monoisotopic (exact) mass is 279 g/mol. The lowest BCUT2D eigenvalue weighted by Gasteiger charge is -2.15. The Morgan fingerprint density at radius 1 is 1.28 bits per heavy atom. The molecule has 0 aromatic rings. The summed E-state index contributed by atoms with van der Waals surface area (Å²) in [6.45, 7) is 4.63. The van der Waals surface area contributed by atoms with Gasteiger partial charge in [-0.05, 0) is 18.8 Å². The lowest BCUT2D eigenvalue weighted by molar-refractivity contribution is -0.137. The summed E-state index contributed by atoms with van der Waals surface area (Å²) in [6.07, 6.45) is 4.27. The van der Waals surface area contributed by atoms with E-state index in [4.69, 9.17) is 5.11 Å². The molecule has 0 aromatic carbocycles. The van der Waals surface area contributed by atoms with Gasteiger partial charge in [-0.1, -0.05) is 33.1 Å². The fourth-order valence-electron chi connectivity index (χ4n) is 1.67. The van der Waals surface area contributed by atoms with E-state index in [1.807, 2.05) is 0 Å². The van der Waals surface area contributed by atoms with Crippen LogP contribution in [-0.2, 0) is 14.8 Å². The molecule has 0 aliphatic heterocycles. The van der Waals surface area contributed by atoms with E-state index in [2.05, 4.69) is 18.6 Å². The number of aliphatic carboxylic acids is 1. The number of hydrogen-bond donors (Lipinski definition) is 2. The van der Waals surface area contributed by atoms with Crippen LogP contribution in [0.4, 0.5) is 0 Å². The highest BCUT2D eigenvalue weighted by molar-refractivity contribution is 7.89. The van der Waals surface area contributed by atoms with Gasteiger partial charge in [0.15, 0.2) is 0 Å². The van der Waals surface area contributed by atoms with Crippen molar-refractivity contribution in [1.82, 2.24) is 4.72 Å². The highest BCUT2D eigenvalue weighted by Gasteiger charge is 2.13. The predicted octanol–water partition coefficient (Wildman–Crippen LogP) is 1.99. The zero-order chi connectivity index (χ0) is 14.0. The van der Waals surface area contributed by atoms with E-state index >= 15 is 0 Å². The summed E-state index contributed by atoms with van der Waals surface area (Å²) in [5.74, 6) is -0.692. The van der Waals surface area contributed by atoms with Crippen LogP contribution in [0.2, 0.25) is 0 Å². The lowest BCUT2D eigenvalue weighted by Crippen LogP contribution is -2.31. The number of carbonyl (C=O) groups is 1. The van der Waals surface area contributed by atoms with Crippen LogP contribution in [0.5, 0.6) is 0 Å². The van der Waals surface area contributed by atoms with Gasteiger partial charge < -0.3 is 5.11 Å². The fourth-order valence-corrected chi connectivity index (χ4v) is 2.83. The van der Waals surface area contributed by atoms with Crippen molar-refractivity contribution in [3.05, 3.63) is 0 Å². The molecular weight excluding hydrogens is 254 g/mol. The maximum Gasteiger partial charge on any atom is 0.303 e. The Labute approximate surface area is 110 Å². The van der Waals surface area contributed by atoms with Crippen molar-refractivity contribution in [1.29, 1.82) is 0 Å². The third kappa shape index (κ3) is 9.41. The molecule has 0 spiro atoms. The summed E-state index contributed by atoms with van der Waals surface area (Å²) in [5.41, 5.74) is 0. The summed E-state index contributed by atoms with van der Waals surface area (Å²) < 4.78 is 25.8. The number of hydrogen-bond acceptors (Lipinski definition) is 3. The number of carboxylic acid groups (broad SMARTS) is 1. The Balaban J connectivity index is 3.96. The van der Waals surface area contributed by atoms with Crippen molar-refractivity contribution in [3.63, 3.8) is 0 Å². The van der Waals surface area contributed by atoms with Gasteiger partial charge in [0.05, 0.1) is 5.75 Å². The van der Waals surface area contributed by atoms with Crippen LogP contribution >= 0.6 is 0 Å². The van der Waals surface area contributed by atoms with Crippen molar-refractivity contribution in [2.24, 2.45) is 5.92 Å². The topological polar surface area (TPSA) is 83.5 Å². The number of unbranched alkanes of at least 4 members (excludes halogenated alkanes) is 1. The van der Waals surface area contributed by atoms with Crippen LogP contribution in [-0.4, -0.2) is 31.8 Å². The van der Waals surface area contributed by atoms with Gasteiger partial charge in [-0.3, -0.25) is 4.79 Å². The Kier molecular flexibility index (Phi) is 9.01. The molecule has 5 nitrogen and oxygen atoms in total. The second kappa shape index (κ2) is 9.33. The molecule has 0 saturated carbocycles. The quantitative estimate of drug-likeness (QED) is 0.606. The van der Waals surface area contributed by atoms with Crippen molar-refractivity contribution >= 4 is 16.0 Å². The highest BCUT2D eigenvalue weighted by atomic mass is 32.2. The van der Waals surface area contributed by atoms with Gasteiger partial charge >= 0.3 is 5.97 Å². The average Bonchev–Trinajstić information content (AvgIpc) is 2.28. The van der Waals surface area contributed by atoms with Gasteiger partial charge in [0.1, 0.15) is 0 Å². The Morgan fingerprint density at radius 2 is 1.94 bits per heavy atom. The molecule has 0 aromatic heterocycles. The molecule has 0 saturated heterocycles. The van der Waals surface area contributed by atoms with Crippen LogP contribution < -0.4 is 4.72 Å². The van der Waals surface area contributed by atoms with Gasteiger partial charge in [0.2, 0.25) is 10.0 Å². The summed E-state index contributed by atoms with van der Waals surface area (Å²) in [6, 6.07) is 0. The Bertz CT molecular complexity index is 327. The van der Waals surface area contributed by atoms with E-state index in [1.54, 1.807) is 0 Å². The normalized spacial score (nSPS) is 13.4. The highest BCUT2D eigenvalue weighted by Crippen LogP contribution is 2.11. The van der Waals surface area contributed by atoms with Crippen LogP contribution in [0.1, 0.15) is 52.4 Å². The molecule has 1 atom stereocenters. The number of carboxylic acids is 1. The fraction of sp³-hybridized carbons (Fsp3) is 0.917. The van der Waals surface area contributed by atoms with Crippen molar-refractivity contribution in [3.8, 4) is 0 Å². The molecule has 2 N–H and O–H groups in total. The third-order valence-corrected chi connectivity index (χ3v) is 4.37. The average molecular weight is 279 g/mol. The summed E-state index contributed by atoms with van der Waals surface area (Å²) in [5, 5.41) is 8.45. The molecule has 1 unspecified atom stereocenters. The molecule has 18 heavy (non-hydrogen) atoms. The van der Waals surface area contributed by atoms with E-state index in [9.17, 15) is 13.2 Å². The predicted molar refractivity (Wildman–Crippen MR) is 72.0 cm³/mol. The molecule has 0 fully saturated rings. The van der Waals surface area contributed by atoms with Crippen LogP contribution in [0.3, 0.4) is 0 Å². The molecule has 108 valence electrons. The first-order valence-electron chi connectivity index (χ1n) is 6.60. The molecule has 0 bridgehead atoms. The summed E-state index contributed by atoms with van der Waals surface area (Å²) >= 11 is 0. The van der Waals surface area contributed by atoms with Crippen LogP contribution in [0, 0.1) is 5.92 Å². The van der Waals surface area contributed by atoms with E-state index in [1.165, 1.54) is 0 Å². The van der Waals surface area contributed by atoms with E-state index < -0.39 is 16.0 Å². The van der Waals surface area contributed by atoms with Gasteiger partial charge in [-0.15, -0.1) is 0 Å². The third-order valence-electron chi connectivity index (χ3n) is 2.94. The van der Waals surface area contributed by atoms with Crippen molar-refractivity contribution in [2.75, 3.05) is 12.3 Å². The van der Waals surface area contributed by atoms with Gasteiger partial charge in [-0.25, -0.2) is 13.1 Å². The SMILES string of the molecule is CCCCC(CC)CNS(=O)(=O)CCCC(=O)O. The molecule has 0 radical (unpaired) electrons. The van der Waals surface area contributed by atoms with Crippen molar-refractivity contribution in [2.45, 2.75) is 52.4 Å². The minimum Gasteiger partial charge on any atom is -0.481 e. The van der Waals surface area contributed by atoms with Gasteiger partial charge in [0.25, 0.3) is 0 Å². The Hall–Kier alpha value is -0.620. The van der Waals surface area contributed by atoms with Gasteiger partial charge in [-0.2, -0.15) is 0 Å². The van der Waals surface area contributed by atoms with E-state index in [0.717, 1.165) is 25.7 Å². The summed E-state index contributed by atoms with van der Waals surface area (Å²) in [4.78, 5) is 10.3. The zero-order valence-corrected chi connectivity index (χ0v) is 12.1. The molecular formula is C12H25NO4S. The molecule has 0 aliphatic carbocycles. The van der Waals surface area contributed by atoms with Crippen molar-refractivity contribution < 1.29 is 18.3 Å². The lowest BCUT2D eigenvalue weighted by atomic mass is 10.00. The molecule has 0 heterocycles. The summed E-state index contributed by atoms with van der Waals surface area (Å²) in [7, 11) is -3.32. The number of sulfonamides is 1. The van der Waals surface area contributed by atoms with Crippen LogP contribution in [0.15, 0.2) is 0 Å². The first-order valence-corrected chi connectivity index (χ1v) is 8.25. The minimum absolute atomic E-state index is 0.103. The molecule has 0 rings (SSSR count). The molecule has 0 amide bonds. The zero-order valence-electron chi connectivity index (χ0n) is 11.3. The second-order valence-corrected chi connectivity index (χ2v) is 6.51. The Morgan fingerprint density at radius 3 is 2.44 bits per heavy atom. The molecule has 6 heteroatoms. The largest absolute Gasteiger partial charge is 0.481 e. The minimum atomic E-state index is -3.32. The maximum atomic E-state index is 11.6. The number of rotatable bonds is 11. The van der Waals surface area contributed by atoms with E-state index in [0.29, 0.717) is 12.5 Å².